The monoisotopic (exact) mass is 359 g/mol. The Morgan fingerprint density at radius 2 is 2.23 bits per heavy atom. The molecule has 0 saturated heterocycles. The van der Waals surface area contributed by atoms with Crippen LogP contribution in [0.3, 0.4) is 0 Å². The summed E-state index contributed by atoms with van der Waals surface area (Å²) in [4.78, 5) is 26.9. The first kappa shape index (κ1) is 17.0. The van der Waals surface area contributed by atoms with Gasteiger partial charge in [-0.15, -0.1) is 15.3 Å². The second kappa shape index (κ2) is 6.96. The third-order valence-corrected chi connectivity index (χ3v) is 3.16. The lowest BCUT2D eigenvalue weighted by Crippen LogP contribution is -2.25. The number of carbonyl (C=O) groups is 1. The Bertz CT molecular complexity index is 993. The Morgan fingerprint density at radius 1 is 1.42 bits per heavy atom. The fraction of sp³-hybridized carbons (Fsp3) is 0.214. The number of hydrogen-bond acceptors (Lipinski definition) is 9. The van der Waals surface area contributed by atoms with Crippen LogP contribution in [0.4, 0.5) is 16.5 Å². The molecule has 3 aromatic rings. The van der Waals surface area contributed by atoms with Crippen molar-refractivity contribution in [3.05, 3.63) is 34.4 Å². The summed E-state index contributed by atoms with van der Waals surface area (Å²) in [5, 5.41) is 22.8. The van der Waals surface area contributed by atoms with Crippen molar-refractivity contribution >= 4 is 29.8 Å². The fourth-order valence-corrected chi connectivity index (χ4v) is 1.97. The molecule has 0 bridgehead atoms. The number of nitro groups is 1. The van der Waals surface area contributed by atoms with Gasteiger partial charge in [0.2, 0.25) is 5.82 Å². The molecular weight excluding hydrogens is 346 g/mol. The lowest BCUT2D eigenvalue weighted by atomic mass is 10.4. The van der Waals surface area contributed by atoms with Crippen LogP contribution < -0.4 is 0 Å². The maximum atomic E-state index is 11.5. The number of furan rings is 1. The van der Waals surface area contributed by atoms with Crippen molar-refractivity contribution in [2.24, 2.45) is 4.99 Å². The van der Waals surface area contributed by atoms with Gasteiger partial charge in [-0.1, -0.05) is 0 Å². The van der Waals surface area contributed by atoms with Gasteiger partial charge in [0.05, 0.1) is 12.7 Å². The number of ether oxygens (including phenoxy) is 1. The van der Waals surface area contributed by atoms with Crippen LogP contribution in [-0.2, 0) is 4.74 Å². The van der Waals surface area contributed by atoms with E-state index in [2.05, 4.69) is 20.3 Å². The van der Waals surface area contributed by atoms with Gasteiger partial charge in [0.15, 0.2) is 17.2 Å². The molecule has 12 heteroatoms. The van der Waals surface area contributed by atoms with Crippen LogP contribution in [-0.4, -0.2) is 55.7 Å². The van der Waals surface area contributed by atoms with Crippen LogP contribution in [0.1, 0.15) is 6.92 Å². The molecule has 0 aliphatic heterocycles. The average Bonchev–Trinajstić information content (AvgIpc) is 3.26. The number of rotatable bonds is 5. The van der Waals surface area contributed by atoms with Gasteiger partial charge in [0.1, 0.15) is 11.3 Å². The Kier molecular flexibility index (Phi) is 4.55. The van der Waals surface area contributed by atoms with E-state index in [9.17, 15) is 14.9 Å². The molecule has 0 aromatic carbocycles. The van der Waals surface area contributed by atoms with E-state index in [4.69, 9.17) is 9.15 Å². The highest BCUT2D eigenvalue weighted by Crippen LogP contribution is 2.25. The molecule has 0 unspecified atom stereocenters. The van der Waals surface area contributed by atoms with Crippen molar-refractivity contribution in [2.75, 3.05) is 13.7 Å². The molecule has 134 valence electrons. The molecule has 3 rings (SSSR count). The largest absolute Gasteiger partial charge is 0.449 e. The Morgan fingerprint density at radius 3 is 2.92 bits per heavy atom. The first-order valence-corrected chi connectivity index (χ1v) is 7.40. The van der Waals surface area contributed by atoms with E-state index in [-0.39, 0.29) is 24.0 Å². The maximum Gasteiger partial charge on any atom is 0.433 e. The highest BCUT2D eigenvalue weighted by atomic mass is 16.6. The molecule has 0 atom stereocenters. The van der Waals surface area contributed by atoms with Gasteiger partial charge in [-0.3, -0.25) is 15.0 Å². The molecule has 0 N–H and O–H groups in total. The van der Waals surface area contributed by atoms with Crippen LogP contribution in [0.15, 0.2) is 33.7 Å². The van der Waals surface area contributed by atoms with Crippen molar-refractivity contribution in [1.29, 1.82) is 0 Å². The average molecular weight is 359 g/mol. The smallest absolute Gasteiger partial charge is 0.433 e. The van der Waals surface area contributed by atoms with Gasteiger partial charge >= 0.3 is 12.0 Å². The number of carbonyl (C=O) groups excluding carboxylic acids is 1. The van der Waals surface area contributed by atoms with E-state index in [0.717, 1.165) is 0 Å². The van der Waals surface area contributed by atoms with Crippen LogP contribution >= 0.6 is 0 Å². The molecule has 0 spiro atoms. The van der Waals surface area contributed by atoms with E-state index in [1.54, 1.807) is 19.1 Å². The molecule has 3 heterocycles. The van der Waals surface area contributed by atoms with Crippen LogP contribution in [0, 0.1) is 10.1 Å². The molecule has 0 aliphatic rings. The van der Waals surface area contributed by atoms with Crippen LogP contribution in [0.25, 0.3) is 17.2 Å². The summed E-state index contributed by atoms with van der Waals surface area (Å²) in [6.45, 7) is 1.95. The van der Waals surface area contributed by atoms with Crippen molar-refractivity contribution in [3.8, 4) is 11.6 Å². The summed E-state index contributed by atoms with van der Waals surface area (Å²) in [6.07, 6.45) is 0.707. The number of amides is 1. The highest BCUT2D eigenvalue weighted by Gasteiger charge is 2.18. The zero-order valence-corrected chi connectivity index (χ0v) is 13.8. The second-order valence-electron chi connectivity index (χ2n) is 4.93. The van der Waals surface area contributed by atoms with Crippen molar-refractivity contribution in [2.45, 2.75) is 6.92 Å². The molecule has 0 fully saturated rings. The summed E-state index contributed by atoms with van der Waals surface area (Å²) in [6, 6.07) is 5.80. The molecule has 0 saturated carbocycles. The second-order valence-corrected chi connectivity index (χ2v) is 4.93. The normalized spacial score (nSPS) is 11.2. The molecule has 0 aliphatic carbocycles. The van der Waals surface area contributed by atoms with Crippen LogP contribution in [0.5, 0.6) is 0 Å². The molecule has 1 amide bonds. The van der Waals surface area contributed by atoms with E-state index in [1.807, 2.05) is 0 Å². The Balaban J connectivity index is 1.90. The van der Waals surface area contributed by atoms with Crippen molar-refractivity contribution in [3.63, 3.8) is 0 Å². The summed E-state index contributed by atoms with van der Waals surface area (Å²) in [5.41, 5.74) is 0.400. The predicted octanol–water partition coefficient (Wildman–Crippen LogP) is 2.04. The van der Waals surface area contributed by atoms with Gasteiger partial charge in [0, 0.05) is 7.05 Å². The molecular formula is C14H13N7O5. The van der Waals surface area contributed by atoms with E-state index in [0.29, 0.717) is 5.65 Å². The standard InChI is InChI=1S/C14H13N7O5/c1-3-25-14(22)19(2)8-15-10-5-6-11-16-17-13(20(11)18-10)9-4-7-12(26-9)21(23)24/h4-8H,3H2,1-2H3. The summed E-state index contributed by atoms with van der Waals surface area (Å²) in [5.74, 6) is 0.170. The number of hydrogen-bond donors (Lipinski definition) is 0. The molecule has 12 nitrogen and oxygen atoms in total. The third-order valence-electron chi connectivity index (χ3n) is 3.16. The van der Waals surface area contributed by atoms with Gasteiger partial charge in [-0.25, -0.2) is 9.79 Å². The minimum absolute atomic E-state index is 0.140. The topological polar surface area (TPSA) is 141 Å². The summed E-state index contributed by atoms with van der Waals surface area (Å²) in [7, 11) is 1.49. The minimum atomic E-state index is -0.652. The van der Waals surface area contributed by atoms with Crippen molar-refractivity contribution in [1.82, 2.24) is 24.7 Å². The minimum Gasteiger partial charge on any atom is -0.449 e. The Labute approximate surface area is 145 Å². The zero-order chi connectivity index (χ0) is 18.7. The zero-order valence-electron chi connectivity index (χ0n) is 13.8. The van der Waals surface area contributed by atoms with Crippen LogP contribution in [0.2, 0.25) is 0 Å². The quantitative estimate of drug-likeness (QED) is 0.291. The van der Waals surface area contributed by atoms with E-state index in [1.165, 1.54) is 34.9 Å². The van der Waals surface area contributed by atoms with Crippen molar-refractivity contribution < 1.29 is 18.9 Å². The van der Waals surface area contributed by atoms with Gasteiger partial charge in [-0.2, -0.15) is 4.52 Å². The summed E-state index contributed by atoms with van der Waals surface area (Å²) < 4.78 is 11.3. The van der Waals surface area contributed by atoms with Gasteiger partial charge in [0.25, 0.3) is 0 Å². The lowest BCUT2D eigenvalue weighted by molar-refractivity contribution is -0.401. The number of aliphatic imine (C=N–C) groups is 1. The maximum absolute atomic E-state index is 11.5. The first-order chi connectivity index (χ1) is 12.5. The summed E-state index contributed by atoms with van der Waals surface area (Å²) >= 11 is 0. The van der Waals surface area contributed by atoms with Gasteiger partial charge in [-0.05, 0) is 25.1 Å². The predicted molar refractivity (Wildman–Crippen MR) is 88.1 cm³/mol. The molecule has 0 radical (unpaired) electrons. The number of aromatic nitrogens is 4. The number of nitrogens with zero attached hydrogens (tertiary/aromatic N) is 7. The number of fused-ring (bicyclic) bond motifs is 1. The molecule has 3 aromatic heterocycles. The fourth-order valence-electron chi connectivity index (χ4n) is 1.97. The first-order valence-electron chi connectivity index (χ1n) is 7.40. The lowest BCUT2D eigenvalue weighted by Gasteiger charge is -2.09. The van der Waals surface area contributed by atoms with E-state index < -0.39 is 16.9 Å². The van der Waals surface area contributed by atoms with E-state index >= 15 is 0 Å². The van der Waals surface area contributed by atoms with Gasteiger partial charge < -0.3 is 9.15 Å². The Hall–Kier alpha value is -3.83. The highest BCUT2D eigenvalue weighted by molar-refractivity contribution is 5.82. The third kappa shape index (κ3) is 3.33. The SMILES string of the molecule is CCOC(=O)N(C)C=Nc1ccc2nnc(-c3ccc([N+](=O)[O-])o3)n2n1. The molecule has 26 heavy (non-hydrogen) atoms.